The smallest absolute Gasteiger partial charge is 0.340 e. The molecule has 0 bridgehead atoms. The first-order valence-corrected chi connectivity index (χ1v) is 5.87. The van der Waals surface area contributed by atoms with Gasteiger partial charge in [0.2, 0.25) is 0 Å². The van der Waals surface area contributed by atoms with Gasteiger partial charge in [-0.25, -0.2) is 9.18 Å². The molecule has 0 atom stereocenters. The number of carbonyl (C=O) groups is 3. The first-order chi connectivity index (χ1) is 9.53. The van der Waals surface area contributed by atoms with Crippen molar-refractivity contribution in [2.24, 2.45) is 0 Å². The summed E-state index contributed by atoms with van der Waals surface area (Å²) in [6.07, 6.45) is 0.880. The lowest BCUT2D eigenvalue weighted by molar-refractivity contribution is -0.150. The largest absolute Gasteiger partial charge is 0.480 e. The van der Waals surface area contributed by atoms with Gasteiger partial charge in [0.15, 0.2) is 5.92 Å². The van der Waals surface area contributed by atoms with Gasteiger partial charge in [0.05, 0.1) is 5.56 Å². The second kappa shape index (κ2) is 5.86. The molecule has 0 aliphatic rings. The van der Waals surface area contributed by atoms with Crippen LogP contribution in [0.5, 0.6) is 0 Å². The second-order valence-electron chi connectivity index (χ2n) is 5.20. The van der Waals surface area contributed by atoms with Crippen molar-refractivity contribution in [3.63, 3.8) is 0 Å². The van der Waals surface area contributed by atoms with Gasteiger partial charge in [-0.2, -0.15) is 0 Å². The number of aromatic nitrogens is 1. The van der Waals surface area contributed by atoms with Gasteiger partial charge in [-0.05, 0) is 26.8 Å². The zero-order valence-corrected chi connectivity index (χ0v) is 11.6. The molecule has 114 valence electrons. The van der Waals surface area contributed by atoms with E-state index >= 15 is 0 Å². The van der Waals surface area contributed by atoms with Crippen molar-refractivity contribution in [1.82, 2.24) is 4.98 Å². The summed E-state index contributed by atoms with van der Waals surface area (Å²) in [7, 11) is 0. The Morgan fingerprint density at radius 3 is 2.14 bits per heavy atom. The predicted molar refractivity (Wildman–Crippen MR) is 67.4 cm³/mol. The van der Waals surface area contributed by atoms with Crippen LogP contribution in [0.3, 0.4) is 0 Å². The van der Waals surface area contributed by atoms with Crippen molar-refractivity contribution in [2.45, 2.75) is 32.3 Å². The van der Waals surface area contributed by atoms with E-state index in [0.717, 1.165) is 6.20 Å². The lowest BCUT2D eigenvalue weighted by Gasteiger charge is -2.19. The molecule has 0 unspecified atom stereocenters. The minimum Gasteiger partial charge on any atom is -0.480 e. The number of hydrogen-bond donors (Lipinski definition) is 2. The molecule has 0 saturated heterocycles. The number of carbonyl (C=O) groups excluding carboxylic acids is 1. The highest BCUT2D eigenvalue weighted by Gasteiger charge is 2.32. The van der Waals surface area contributed by atoms with Gasteiger partial charge < -0.3 is 14.9 Å². The molecule has 1 rings (SSSR count). The second-order valence-corrected chi connectivity index (χ2v) is 5.20. The fraction of sp³-hybridized carbons (Fsp3) is 0.385. The zero-order chi connectivity index (χ0) is 16.4. The minimum absolute atomic E-state index is 0.235. The number of ether oxygens (including phenoxy) is 1. The van der Waals surface area contributed by atoms with Gasteiger partial charge in [-0.1, -0.05) is 0 Å². The van der Waals surface area contributed by atoms with Crippen molar-refractivity contribution in [3.8, 4) is 0 Å². The average Bonchev–Trinajstić information content (AvgIpc) is 2.28. The number of hydrogen-bond acceptors (Lipinski definition) is 5. The van der Waals surface area contributed by atoms with Crippen molar-refractivity contribution in [2.75, 3.05) is 0 Å². The highest BCUT2D eigenvalue weighted by Crippen LogP contribution is 2.20. The van der Waals surface area contributed by atoms with Crippen molar-refractivity contribution >= 4 is 17.9 Å². The molecule has 1 heterocycles. The number of nitrogens with zero attached hydrogens (tertiary/aromatic N) is 1. The van der Waals surface area contributed by atoms with Crippen LogP contribution in [-0.4, -0.2) is 38.7 Å². The van der Waals surface area contributed by atoms with E-state index in [-0.39, 0.29) is 5.56 Å². The third-order valence-corrected chi connectivity index (χ3v) is 2.27. The number of aliphatic carboxylic acids is 2. The maximum atomic E-state index is 13.8. The number of carboxylic acid groups (broad SMARTS) is 2. The van der Waals surface area contributed by atoms with E-state index < -0.39 is 40.9 Å². The molecule has 21 heavy (non-hydrogen) atoms. The Labute approximate surface area is 119 Å². The molecule has 2 N–H and O–H groups in total. The molecule has 0 aliphatic carbocycles. The molecule has 8 heteroatoms. The first kappa shape index (κ1) is 16.5. The molecular weight excluding hydrogens is 285 g/mol. The van der Waals surface area contributed by atoms with Gasteiger partial charge >= 0.3 is 17.9 Å². The maximum absolute atomic E-state index is 13.8. The highest BCUT2D eigenvalue weighted by atomic mass is 19.1. The van der Waals surface area contributed by atoms with E-state index in [2.05, 4.69) is 4.98 Å². The van der Waals surface area contributed by atoms with Crippen molar-refractivity contribution in [1.29, 1.82) is 0 Å². The van der Waals surface area contributed by atoms with E-state index in [0.29, 0.717) is 6.07 Å². The minimum atomic E-state index is -2.14. The Kier molecular flexibility index (Phi) is 4.62. The number of esters is 1. The molecule has 1 aromatic heterocycles. The summed E-state index contributed by atoms with van der Waals surface area (Å²) in [5.74, 6) is -7.69. The number of halogens is 1. The molecule has 0 spiro atoms. The maximum Gasteiger partial charge on any atom is 0.340 e. The molecule has 1 aromatic rings. The van der Waals surface area contributed by atoms with Gasteiger partial charge in [-0.3, -0.25) is 14.6 Å². The fourth-order valence-electron chi connectivity index (χ4n) is 1.45. The van der Waals surface area contributed by atoms with Gasteiger partial charge in [0.25, 0.3) is 0 Å². The topological polar surface area (TPSA) is 114 Å². The summed E-state index contributed by atoms with van der Waals surface area (Å²) in [6, 6.07) is 0.704. The summed E-state index contributed by atoms with van der Waals surface area (Å²) in [5.41, 5.74) is -1.81. The van der Waals surface area contributed by atoms with E-state index in [9.17, 15) is 18.8 Å². The van der Waals surface area contributed by atoms with E-state index in [1.165, 1.54) is 0 Å². The Hall–Kier alpha value is -2.51. The molecule has 0 fully saturated rings. The monoisotopic (exact) mass is 299 g/mol. The molecule has 0 amide bonds. The van der Waals surface area contributed by atoms with Crippen molar-refractivity contribution in [3.05, 3.63) is 29.3 Å². The SMILES string of the molecule is CC(C)(C)OC(=O)c1cnc(C(C(=O)O)C(=O)O)c(F)c1. The van der Waals surface area contributed by atoms with Crippen LogP contribution in [0.1, 0.15) is 42.7 Å². The summed E-state index contributed by atoms with van der Waals surface area (Å²) < 4.78 is 18.8. The van der Waals surface area contributed by atoms with Crippen LogP contribution < -0.4 is 0 Å². The molecule has 0 aliphatic heterocycles. The number of carboxylic acids is 2. The first-order valence-electron chi connectivity index (χ1n) is 5.87. The Bertz CT molecular complexity index is 579. The highest BCUT2D eigenvalue weighted by molar-refractivity contribution is 5.98. The van der Waals surface area contributed by atoms with E-state index in [1.54, 1.807) is 20.8 Å². The Morgan fingerprint density at radius 2 is 1.76 bits per heavy atom. The third kappa shape index (κ3) is 4.23. The molecule has 0 aromatic carbocycles. The molecule has 0 radical (unpaired) electrons. The van der Waals surface area contributed by atoms with Gasteiger partial charge in [0, 0.05) is 6.20 Å². The summed E-state index contributed by atoms with van der Waals surface area (Å²) >= 11 is 0. The predicted octanol–water partition coefficient (Wildman–Crippen LogP) is 1.43. The average molecular weight is 299 g/mol. The van der Waals surface area contributed by atoms with E-state index in [4.69, 9.17) is 14.9 Å². The Morgan fingerprint density at radius 1 is 1.24 bits per heavy atom. The number of rotatable bonds is 4. The lowest BCUT2D eigenvalue weighted by atomic mass is 10.0. The van der Waals surface area contributed by atoms with Crippen LogP contribution in [0, 0.1) is 5.82 Å². The van der Waals surface area contributed by atoms with Gasteiger partial charge in [0.1, 0.15) is 17.1 Å². The van der Waals surface area contributed by atoms with Gasteiger partial charge in [-0.15, -0.1) is 0 Å². The zero-order valence-electron chi connectivity index (χ0n) is 11.6. The Balaban J connectivity index is 3.14. The van der Waals surface area contributed by atoms with Crippen LogP contribution >= 0.6 is 0 Å². The van der Waals surface area contributed by atoms with Crippen LogP contribution in [-0.2, 0) is 14.3 Å². The summed E-state index contributed by atoms with van der Waals surface area (Å²) in [4.78, 5) is 36.8. The van der Waals surface area contributed by atoms with Crippen molar-refractivity contribution < 1.29 is 33.7 Å². The lowest BCUT2D eigenvalue weighted by Crippen LogP contribution is -2.25. The molecule has 7 nitrogen and oxygen atoms in total. The quantitative estimate of drug-likeness (QED) is 0.638. The van der Waals surface area contributed by atoms with Crippen LogP contribution in [0.4, 0.5) is 4.39 Å². The van der Waals surface area contributed by atoms with Crippen LogP contribution in [0.2, 0.25) is 0 Å². The standard InChI is InChI=1S/C13H14FNO6/c1-13(2,3)21-12(20)6-4-7(14)9(15-5-6)8(10(16)17)11(18)19/h4-5,8H,1-3H3,(H,16,17)(H,18,19). The fourth-order valence-corrected chi connectivity index (χ4v) is 1.45. The normalized spacial score (nSPS) is 11.3. The summed E-state index contributed by atoms with van der Waals surface area (Å²) in [6.45, 7) is 4.86. The molecule has 0 saturated carbocycles. The third-order valence-electron chi connectivity index (χ3n) is 2.27. The van der Waals surface area contributed by atoms with Crippen LogP contribution in [0.25, 0.3) is 0 Å². The molecular formula is C13H14FNO6. The summed E-state index contributed by atoms with van der Waals surface area (Å²) in [5, 5.41) is 17.5. The number of pyridine rings is 1. The van der Waals surface area contributed by atoms with Crippen LogP contribution in [0.15, 0.2) is 12.3 Å². The van der Waals surface area contributed by atoms with E-state index in [1.807, 2.05) is 0 Å².